The summed E-state index contributed by atoms with van der Waals surface area (Å²) in [4.78, 5) is 31.5. The monoisotopic (exact) mass is 509 g/mol. The molecule has 0 amide bonds. The molecule has 2 atom stereocenters. The molecule has 1 aliphatic heterocycles. The molecule has 0 bridgehead atoms. The lowest BCUT2D eigenvalue weighted by molar-refractivity contribution is 0.266. The number of rotatable bonds is 7. The number of nitrogens with one attached hydrogen (secondary N) is 3. The van der Waals surface area contributed by atoms with Gasteiger partial charge in [-0.25, -0.2) is 14.8 Å². The van der Waals surface area contributed by atoms with Gasteiger partial charge in [0.15, 0.2) is 11.5 Å². The third-order valence-corrected chi connectivity index (χ3v) is 8.79. The van der Waals surface area contributed by atoms with Crippen LogP contribution in [0, 0.1) is 17.8 Å². The van der Waals surface area contributed by atoms with Gasteiger partial charge in [0.2, 0.25) is 17.6 Å². The summed E-state index contributed by atoms with van der Waals surface area (Å²) in [6, 6.07) is 0.594. The summed E-state index contributed by atoms with van der Waals surface area (Å²) >= 11 is 0. The Bertz CT molecular complexity index is 1280. The average molecular weight is 510 g/mol. The molecule has 1 saturated heterocycles. The molecular formula is C26H39N9O2. The van der Waals surface area contributed by atoms with Crippen LogP contribution in [0.25, 0.3) is 22.8 Å². The zero-order valence-corrected chi connectivity index (χ0v) is 22.2. The second-order valence-electron chi connectivity index (χ2n) is 11.5. The summed E-state index contributed by atoms with van der Waals surface area (Å²) < 4.78 is 7.14. The predicted molar refractivity (Wildman–Crippen MR) is 143 cm³/mol. The number of aromatic nitrogens is 6. The standard InChI is InChI=1S/C26H39N9O2/c1-15-7-9-18(10-8-15)14-35-20-21(28-17(3)19-5-4-6-19)29-23(24-32-26(36)37-33-24)30-22(20)31-25(35)34-12-11-27-13-16(34)2/h15-19,27H,4-14H2,1-3H3,(H,28,29,30)(H,32,33,36)/t15?,16-,17-,18?/m1/s1. The van der Waals surface area contributed by atoms with Gasteiger partial charge in [0.1, 0.15) is 5.52 Å². The third kappa shape index (κ3) is 4.85. The summed E-state index contributed by atoms with van der Waals surface area (Å²) in [5.74, 6) is 3.68. The van der Waals surface area contributed by atoms with Crippen LogP contribution in [-0.2, 0) is 6.54 Å². The molecule has 2 saturated carbocycles. The highest BCUT2D eigenvalue weighted by atomic mass is 16.5. The number of anilines is 2. The van der Waals surface area contributed by atoms with Crippen LogP contribution in [0.15, 0.2) is 9.32 Å². The summed E-state index contributed by atoms with van der Waals surface area (Å²) in [6.45, 7) is 10.5. The zero-order valence-electron chi connectivity index (χ0n) is 22.2. The third-order valence-electron chi connectivity index (χ3n) is 8.79. The number of imidazole rings is 1. The Morgan fingerprint density at radius 1 is 1.11 bits per heavy atom. The Morgan fingerprint density at radius 3 is 2.59 bits per heavy atom. The van der Waals surface area contributed by atoms with Crippen LogP contribution in [-0.4, -0.2) is 61.4 Å². The fraction of sp³-hybridized carbons (Fsp3) is 0.731. The number of H-pyrrole nitrogens is 1. The first-order chi connectivity index (χ1) is 18.0. The molecule has 11 heteroatoms. The number of hydrogen-bond donors (Lipinski definition) is 3. The second-order valence-corrected chi connectivity index (χ2v) is 11.5. The maximum atomic E-state index is 11.7. The van der Waals surface area contributed by atoms with Crippen LogP contribution >= 0.6 is 0 Å². The number of fused-ring (bicyclic) bond motifs is 1. The highest BCUT2D eigenvalue weighted by molar-refractivity contribution is 5.87. The van der Waals surface area contributed by atoms with Crippen molar-refractivity contribution < 1.29 is 4.52 Å². The van der Waals surface area contributed by atoms with E-state index in [1.807, 2.05) is 0 Å². The minimum absolute atomic E-state index is 0.221. The van der Waals surface area contributed by atoms with E-state index < -0.39 is 5.76 Å². The lowest BCUT2D eigenvalue weighted by Crippen LogP contribution is -2.51. The van der Waals surface area contributed by atoms with Gasteiger partial charge in [-0.2, -0.15) is 4.98 Å². The molecule has 11 nitrogen and oxygen atoms in total. The van der Waals surface area contributed by atoms with Crippen LogP contribution < -0.4 is 21.3 Å². The first-order valence-corrected chi connectivity index (χ1v) is 14.0. The van der Waals surface area contributed by atoms with E-state index in [4.69, 9.17) is 19.5 Å². The van der Waals surface area contributed by atoms with E-state index in [0.717, 1.165) is 49.4 Å². The topological polar surface area (TPSA) is 130 Å². The number of hydrogen-bond acceptors (Lipinski definition) is 9. The maximum absolute atomic E-state index is 11.7. The van der Waals surface area contributed by atoms with Crippen LogP contribution in [0.5, 0.6) is 0 Å². The number of piperazine rings is 1. The maximum Gasteiger partial charge on any atom is 0.439 e. The molecule has 37 heavy (non-hydrogen) atoms. The van der Waals surface area contributed by atoms with Gasteiger partial charge in [0.25, 0.3) is 0 Å². The van der Waals surface area contributed by atoms with Gasteiger partial charge in [-0.15, -0.1) is 0 Å². The Hall–Kier alpha value is -2.95. The van der Waals surface area contributed by atoms with Gasteiger partial charge >= 0.3 is 5.76 Å². The van der Waals surface area contributed by atoms with Crippen LogP contribution in [0.2, 0.25) is 0 Å². The molecule has 3 aromatic heterocycles. The van der Waals surface area contributed by atoms with E-state index >= 15 is 0 Å². The lowest BCUT2D eigenvalue weighted by atomic mass is 9.80. The van der Waals surface area contributed by atoms with E-state index in [9.17, 15) is 4.79 Å². The fourth-order valence-electron chi connectivity index (χ4n) is 6.13. The van der Waals surface area contributed by atoms with E-state index in [0.29, 0.717) is 29.3 Å². The van der Waals surface area contributed by atoms with E-state index in [1.165, 1.54) is 44.9 Å². The summed E-state index contributed by atoms with van der Waals surface area (Å²) in [7, 11) is 0. The molecule has 0 radical (unpaired) electrons. The first-order valence-electron chi connectivity index (χ1n) is 14.0. The number of nitrogens with zero attached hydrogens (tertiary/aromatic N) is 6. The first kappa shape index (κ1) is 24.4. The molecule has 6 rings (SSSR count). The Kier molecular flexibility index (Phi) is 6.64. The van der Waals surface area contributed by atoms with E-state index in [-0.39, 0.29) is 11.9 Å². The molecule has 3 aliphatic rings. The van der Waals surface area contributed by atoms with E-state index in [1.54, 1.807) is 0 Å². The Morgan fingerprint density at radius 2 is 1.92 bits per heavy atom. The highest BCUT2D eigenvalue weighted by Gasteiger charge is 2.31. The van der Waals surface area contributed by atoms with Gasteiger partial charge in [0.05, 0.1) is 0 Å². The number of aromatic amines is 1. The van der Waals surface area contributed by atoms with Crippen molar-refractivity contribution in [2.75, 3.05) is 29.9 Å². The lowest BCUT2D eigenvalue weighted by Gasteiger charge is -2.36. The summed E-state index contributed by atoms with van der Waals surface area (Å²) in [5, 5.41) is 11.1. The minimum atomic E-state index is -0.622. The molecule has 0 aromatic carbocycles. The molecule has 2 aliphatic carbocycles. The van der Waals surface area contributed by atoms with Gasteiger partial charge in [0, 0.05) is 38.3 Å². The quantitative estimate of drug-likeness (QED) is 0.439. The van der Waals surface area contributed by atoms with Crippen molar-refractivity contribution in [1.29, 1.82) is 0 Å². The van der Waals surface area contributed by atoms with Gasteiger partial charge in [-0.3, -0.25) is 9.51 Å². The van der Waals surface area contributed by atoms with Crippen molar-refractivity contribution in [3.05, 3.63) is 10.6 Å². The molecule has 0 spiro atoms. The van der Waals surface area contributed by atoms with Crippen molar-refractivity contribution in [1.82, 2.24) is 35.0 Å². The van der Waals surface area contributed by atoms with Crippen LogP contribution in [0.4, 0.5) is 11.8 Å². The molecule has 3 fully saturated rings. The largest absolute Gasteiger partial charge is 0.439 e. The molecule has 3 N–H and O–H groups in total. The van der Waals surface area contributed by atoms with E-state index in [2.05, 4.69) is 51.0 Å². The molecule has 0 unspecified atom stereocenters. The molecule has 200 valence electrons. The SMILES string of the molecule is CC1CCC(Cn2c(N3CCNC[C@H]3C)nc3nc(-c4noc(=O)[nH]4)nc(N[C@H](C)C4CCC4)c32)CC1. The zero-order chi connectivity index (χ0) is 25.5. The van der Waals surface area contributed by atoms with Gasteiger partial charge in [-0.05, 0) is 57.3 Å². The van der Waals surface area contributed by atoms with Crippen molar-refractivity contribution in [3.63, 3.8) is 0 Å². The van der Waals surface area contributed by atoms with Crippen LogP contribution in [0.3, 0.4) is 0 Å². The second kappa shape index (κ2) is 10.1. The summed E-state index contributed by atoms with van der Waals surface area (Å²) in [6.07, 6.45) is 8.77. The predicted octanol–water partition coefficient (Wildman–Crippen LogP) is 3.39. The van der Waals surface area contributed by atoms with Gasteiger partial charge < -0.3 is 20.1 Å². The summed E-state index contributed by atoms with van der Waals surface area (Å²) in [5.41, 5.74) is 1.57. The molecule has 3 aromatic rings. The molecule has 4 heterocycles. The normalized spacial score (nSPS) is 25.8. The van der Waals surface area contributed by atoms with Gasteiger partial charge in [-0.1, -0.05) is 31.3 Å². The van der Waals surface area contributed by atoms with Crippen molar-refractivity contribution in [2.45, 2.75) is 84.3 Å². The van der Waals surface area contributed by atoms with Crippen molar-refractivity contribution in [2.24, 2.45) is 17.8 Å². The average Bonchev–Trinajstić information content (AvgIpc) is 3.43. The van der Waals surface area contributed by atoms with Crippen LogP contribution in [0.1, 0.15) is 65.7 Å². The minimum Gasteiger partial charge on any atom is -0.365 e. The fourth-order valence-corrected chi connectivity index (χ4v) is 6.13. The smallest absolute Gasteiger partial charge is 0.365 e. The van der Waals surface area contributed by atoms with Crippen molar-refractivity contribution in [3.8, 4) is 11.6 Å². The van der Waals surface area contributed by atoms with Crippen molar-refractivity contribution >= 4 is 22.9 Å². The molecular weight excluding hydrogens is 470 g/mol. The Balaban J connectivity index is 1.48. The Labute approximate surface area is 216 Å². The highest BCUT2D eigenvalue weighted by Crippen LogP contribution is 2.36.